The van der Waals surface area contributed by atoms with Crippen LogP contribution in [-0.2, 0) is 6.42 Å². The van der Waals surface area contributed by atoms with Gasteiger partial charge < -0.3 is 9.47 Å². The number of benzene rings is 2. The number of unbranched alkanes of at least 4 members (excludes halogenated alkanes) is 13. The quantitative estimate of drug-likeness (QED) is 0.0692. The Morgan fingerprint density at radius 3 is 1.65 bits per heavy atom. The maximum atomic E-state index is 12.5. The van der Waals surface area contributed by atoms with Crippen LogP contribution in [0.15, 0.2) is 73.8 Å². The van der Waals surface area contributed by atoms with Gasteiger partial charge in [0.05, 0.1) is 12.2 Å². The largest absolute Gasteiger partial charge is 0.494 e. The Bertz CT molecular complexity index is 867. The Balaban J connectivity index is 1.58. The van der Waals surface area contributed by atoms with Crippen molar-refractivity contribution in [3.05, 3.63) is 85.0 Å². The molecule has 0 atom stereocenters. The van der Waals surface area contributed by atoms with E-state index in [9.17, 15) is 4.79 Å². The molecule has 0 saturated carbocycles. The number of hydrogen-bond donors (Lipinski definition) is 0. The average molecular weight is 505 g/mol. The number of aryl methyl sites for hydroxylation is 1. The van der Waals surface area contributed by atoms with Crippen LogP contribution in [0.1, 0.15) is 112 Å². The minimum Gasteiger partial charge on any atom is -0.494 e. The van der Waals surface area contributed by atoms with E-state index in [0.717, 1.165) is 31.4 Å². The van der Waals surface area contributed by atoms with E-state index in [1.165, 1.54) is 82.6 Å². The molecular weight excluding hydrogens is 456 g/mol. The molecule has 0 bridgehead atoms. The van der Waals surface area contributed by atoms with E-state index in [4.69, 9.17) is 9.47 Å². The van der Waals surface area contributed by atoms with Crippen LogP contribution in [0.2, 0.25) is 0 Å². The first-order valence-corrected chi connectivity index (χ1v) is 14.5. The molecule has 0 N–H and O–H groups in total. The highest BCUT2D eigenvalue weighted by Crippen LogP contribution is 2.20. The minimum atomic E-state index is -0.329. The van der Waals surface area contributed by atoms with Crippen molar-refractivity contribution in [3.8, 4) is 11.5 Å². The number of carbonyl (C=O) groups is 1. The Morgan fingerprint density at radius 1 is 0.595 bits per heavy atom. The van der Waals surface area contributed by atoms with Crippen LogP contribution in [0.3, 0.4) is 0 Å². The maximum Gasteiger partial charge on any atom is 0.343 e. The fourth-order valence-electron chi connectivity index (χ4n) is 4.37. The van der Waals surface area contributed by atoms with Crippen LogP contribution in [0.4, 0.5) is 0 Å². The van der Waals surface area contributed by atoms with Gasteiger partial charge in [0.25, 0.3) is 0 Å². The highest BCUT2D eigenvalue weighted by molar-refractivity contribution is 5.91. The molecule has 0 aliphatic heterocycles. The topological polar surface area (TPSA) is 35.5 Å². The van der Waals surface area contributed by atoms with Gasteiger partial charge >= 0.3 is 5.97 Å². The molecular formula is C34H48O3. The third-order valence-electron chi connectivity index (χ3n) is 6.67. The van der Waals surface area contributed by atoms with Gasteiger partial charge in [0.15, 0.2) is 0 Å². The van der Waals surface area contributed by atoms with E-state index >= 15 is 0 Å². The van der Waals surface area contributed by atoms with E-state index < -0.39 is 0 Å². The molecule has 3 nitrogen and oxygen atoms in total. The number of allylic oxidation sites excluding steroid dienone is 2. The van der Waals surface area contributed by atoms with E-state index in [1.54, 1.807) is 12.1 Å². The molecule has 0 saturated heterocycles. The van der Waals surface area contributed by atoms with Crippen molar-refractivity contribution in [3.63, 3.8) is 0 Å². The van der Waals surface area contributed by atoms with Crippen molar-refractivity contribution in [1.29, 1.82) is 0 Å². The van der Waals surface area contributed by atoms with E-state index in [-0.39, 0.29) is 5.97 Å². The lowest BCUT2D eigenvalue weighted by Crippen LogP contribution is -2.08. The Morgan fingerprint density at radius 2 is 1.08 bits per heavy atom. The molecule has 3 heteroatoms. The third-order valence-corrected chi connectivity index (χ3v) is 6.67. The van der Waals surface area contributed by atoms with Gasteiger partial charge in [-0.2, -0.15) is 0 Å². The van der Waals surface area contributed by atoms with Crippen molar-refractivity contribution in [2.75, 3.05) is 6.61 Å². The third kappa shape index (κ3) is 14.5. The van der Waals surface area contributed by atoms with Crippen molar-refractivity contribution in [2.45, 2.75) is 103 Å². The van der Waals surface area contributed by atoms with Crippen molar-refractivity contribution in [2.24, 2.45) is 0 Å². The van der Waals surface area contributed by atoms with Crippen LogP contribution in [0.25, 0.3) is 0 Å². The lowest BCUT2D eigenvalue weighted by molar-refractivity contribution is 0.0734. The fourth-order valence-corrected chi connectivity index (χ4v) is 4.37. The van der Waals surface area contributed by atoms with Gasteiger partial charge in [-0.1, -0.05) is 82.1 Å². The van der Waals surface area contributed by atoms with Crippen LogP contribution < -0.4 is 9.47 Å². The first-order valence-electron chi connectivity index (χ1n) is 14.5. The summed E-state index contributed by atoms with van der Waals surface area (Å²) in [4.78, 5) is 12.5. The second kappa shape index (κ2) is 20.3. The zero-order valence-corrected chi connectivity index (χ0v) is 22.9. The maximum absolute atomic E-state index is 12.5. The molecule has 2 aromatic carbocycles. The number of ether oxygens (including phenoxy) is 2. The summed E-state index contributed by atoms with van der Waals surface area (Å²) in [5, 5.41) is 0. The second-order valence-electron chi connectivity index (χ2n) is 9.91. The van der Waals surface area contributed by atoms with E-state index in [2.05, 4.69) is 13.2 Å². The number of hydrogen-bond acceptors (Lipinski definition) is 3. The normalized spacial score (nSPS) is 10.7. The van der Waals surface area contributed by atoms with Crippen molar-refractivity contribution in [1.82, 2.24) is 0 Å². The summed E-state index contributed by atoms with van der Waals surface area (Å²) in [7, 11) is 0. The Hall–Kier alpha value is -2.81. The highest BCUT2D eigenvalue weighted by atomic mass is 16.5. The number of rotatable bonds is 22. The Labute approximate surface area is 226 Å². The predicted octanol–water partition coefficient (Wildman–Crippen LogP) is 10.1. The van der Waals surface area contributed by atoms with Gasteiger partial charge in [-0.15, -0.1) is 13.2 Å². The molecule has 0 aliphatic carbocycles. The molecule has 0 radical (unpaired) electrons. The van der Waals surface area contributed by atoms with Gasteiger partial charge in [-0.05, 0) is 86.9 Å². The lowest BCUT2D eigenvalue weighted by atomic mass is 10.0. The molecule has 0 amide bonds. The summed E-state index contributed by atoms with van der Waals surface area (Å²) >= 11 is 0. The van der Waals surface area contributed by atoms with Gasteiger partial charge in [-0.3, -0.25) is 0 Å². The summed E-state index contributed by atoms with van der Waals surface area (Å²) in [5.74, 6) is 1.01. The molecule has 37 heavy (non-hydrogen) atoms. The zero-order chi connectivity index (χ0) is 26.4. The van der Waals surface area contributed by atoms with E-state index in [0.29, 0.717) is 17.9 Å². The average Bonchev–Trinajstić information content (AvgIpc) is 2.92. The van der Waals surface area contributed by atoms with Crippen LogP contribution in [0.5, 0.6) is 11.5 Å². The number of carbonyl (C=O) groups excluding carboxylic acids is 1. The summed E-state index contributed by atoms with van der Waals surface area (Å²) in [6.45, 7) is 8.25. The highest BCUT2D eigenvalue weighted by Gasteiger charge is 2.09. The van der Waals surface area contributed by atoms with Gasteiger partial charge in [-0.25, -0.2) is 4.79 Å². The van der Waals surface area contributed by atoms with Crippen molar-refractivity contribution < 1.29 is 14.3 Å². The lowest BCUT2D eigenvalue weighted by Gasteiger charge is -2.08. The molecule has 0 spiro atoms. The smallest absolute Gasteiger partial charge is 0.343 e. The van der Waals surface area contributed by atoms with Crippen LogP contribution >= 0.6 is 0 Å². The van der Waals surface area contributed by atoms with Gasteiger partial charge in [0.2, 0.25) is 0 Å². The standard InChI is InChI=1S/C34H48O3/c1-3-5-7-9-11-13-14-16-18-20-30-21-23-31(24-22-30)34(35)37-33-27-25-32(26-28-33)36-29-19-17-15-12-10-8-6-4-2/h3-4,21-28H,1-2,5-20,29H2. The predicted molar refractivity (Wildman–Crippen MR) is 157 cm³/mol. The molecule has 0 fully saturated rings. The monoisotopic (exact) mass is 504 g/mol. The first kappa shape index (κ1) is 30.4. The number of esters is 1. The summed E-state index contributed by atoms with van der Waals surface area (Å²) in [6.07, 6.45) is 23.7. The van der Waals surface area contributed by atoms with Gasteiger partial charge in [0.1, 0.15) is 11.5 Å². The molecule has 0 heterocycles. The molecule has 2 aromatic rings. The van der Waals surface area contributed by atoms with E-state index in [1.807, 2.05) is 48.6 Å². The van der Waals surface area contributed by atoms with Crippen molar-refractivity contribution >= 4 is 5.97 Å². The van der Waals surface area contributed by atoms with Crippen LogP contribution in [-0.4, -0.2) is 12.6 Å². The molecule has 2 rings (SSSR count). The second-order valence-corrected chi connectivity index (χ2v) is 9.91. The molecule has 202 valence electrons. The van der Waals surface area contributed by atoms with Crippen LogP contribution in [0, 0.1) is 0 Å². The van der Waals surface area contributed by atoms with Gasteiger partial charge in [0, 0.05) is 0 Å². The molecule has 0 aliphatic rings. The fraction of sp³-hybridized carbons (Fsp3) is 0.500. The summed E-state index contributed by atoms with van der Waals surface area (Å²) in [6, 6.07) is 15.1. The first-order chi connectivity index (χ1) is 18.2. The summed E-state index contributed by atoms with van der Waals surface area (Å²) < 4.78 is 11.4. The molecule has 0 unspecified atom stereocenters. The minimum absolute atomic E-state index is 0.329. The zero-order valence-electron chi connectivity index (χ0n) is 22.9. The SMILES string of the molecule is C=CCCCCCCCCCc1ccc(C(=O)Oc2ccc(OCCCCCCCCC=C)cc2)cc1. The Kier molecular flexibility index (Phi) is 16.7. The summed E-state index contributed by atoms with van der Waals surface area (Å²) in [5.41, 5.74) is 1.85. The molecule has 0 aromatic heterocycles.